The van der Waals surface area contributed by atoms with Crippen LogP contribution in [0.1, 0.15) is 49.7 Å². The Labute approximate surface area is 120 Å². The van der Waals surface area contributed by atoms with E-state index in [0.717, 1.165) is 24.1 Å². The highest BCUT2D eigenvalue weighted by atomic mass is 32.2. The van der Waals surface area contributed by atoms with Crippen LogP contribution in [0.5, 0.6) is 0 Å². The molecule has 0 aliphatic heterocycles. The van der Waals surface area contributed by atoms with E-state index >= 15 is 0 Å². The SMILES string of the molecule is CCC(C)SCc1nc(C)c(CNCC(C)C)s1. The van der Waals surface area contributed by atoms with E-state index < -0.39 is 0 Å². The van der Waals surface area contributed by atoms with Gasteiger partial charge < -0.3 is 5.32 Å². The van der Waals surface area contributed by atoms with Gasteiger partial charge in [0.05, 0.1) is 5.69 Å². The highest BCUT2D eigenvalue weighted by molar-refractivity contribution is 7.99. The molecule has 0 aromatic carbocycles. The zero-order chi connectivity index (χ0) is 13.5. The molecule has 0 fully saturated rings. The maximum atomic E-state index is 4.67. The first-order valence-corrected chi connectivity index (χ1v) is 8.66. The highest BCUT2D eigenvalue weighted by Gasteiger charge is 2.09. The molecule has 0 aliphatic rings. The zero-order valence-electron chi connectivity index (χ0n) is 12.2. The van der Waals surface area contributed by atoms with Crippen LogP contribution in [-0.2, 0) is 12.3 Å². The van der Waals surface area contributed by atoms with Crippen LogP contribution in [0.2, 0.25) is 0 Å². The Kier molecular flexibility index (Phi) is 7.27. The lowest BCUT2D eigenvalue weighted by Crippen LogP contribution is -2.18. The molecule has 1 heterocycles. The molecule has 1 aromatic rings. The van der Waals surface area contributed by atoms with E-state index in [9.17, 15) is 0 Å². The van der Waals surface area contributed by atoms with E-state index in [1.165, 1.54) is 22.0 Å². The van der Waals surface area contributed by atoms with Crippen molar-refractivity contribution in [2.24, 2.45) is 5.92 Å². The minimum absolute atomic E-state index is 0.707. The van der Waals surface area contributed by atoms with Crippen molar-refractivity contribution in [2.75, 3.05) is 6.54 Å². The van der Waals surface area contributed by atoms with Gasteiger partial charge in [-0.05, 0) is 25.8 Å². The third-order valence-electron chi connectivity index (χ3n) is 2.84. The molecular weight excluding hydrogens is 260 g/mol. The van der Waals surface area contributed by atoms with Crippen LogP contribution in [0.15, 0.2) is 0 Å². The fourth-order valence-corrected chi connectivity index (χ4v) is 3.52. The lowest BCUT2D eigenvalue weighted by atomic mass is 10.2. The Bertz CT molecular complexity index is 348. The van der Waals surface area contributed by atoms with Crippen LogP contribution < -0.4 is 5.32 Å². The molecular formula is C14H26N2S2. The summed E-state index contributed by atoms with van der Waals surface area (Å²) in [7, 11) is 0. The van der Waals surface area contributed by atoms with Gasteiger partial charge >= 0.3 is 0 Å². The van der Waals surface area contributed by atoms with E-state index in [0.29, 0.717) is 5.92 Å². The third-order valence-corrected chi connectivity index (χ3v) is 5.52. The Balaban J connectivity index is 2.43. The summed E-state index contributed by atoms with van der Waals surface area (Å²) in [5.74, 6) is 1.77. The Morgan fingerprint density at radius 1 is 1.33 bits per heavy atom. The van der Waals surface area contributed by atoms with Crippen molar-refractivity contribution in [1.82, 2.24) is 10.3 Å². The number of aromatic nitrogens is 1. The van der Waals surface area contributed by atoms with Crippen molar-refractivity contribution < 1.29 is 0 Å². The molecule has 0 spiro atoms. The number of aryl methyl sites for hydroxylation is 1. The minimum Gasteiger partial charge on any atom is -0.312 e. The quantitative estimate of drug-likeness (QED) is 0.774. The topological polar surface area (TPSA) is 24.9 Å². The molecule has 1 aromatic heterocycles. The fraction of sp³-hybridized carbons (Fsp3) is 0.786. The normalized spacial score (nSPS) is 13.2. The first kappa shape index (κ1) is 16.0. The van der Waals surface area contributed by atoms with E-state index in [1.54, 1.807) is 0 Å². The molecule has 104 valence electrons. The summed E-state index contributed by atoms with van der Waals surface area (Å²) in [6.45, 7) is 13.2. The average molecular weight is 287 g/mol. The molecule has 2 nitrogen and oxygen atoms in total. The van der Waals surface area contributed by atoms with Crippen molar-refractivity contribution in [2.45, 2.75) is 58.6 Å². The van der Waals surface area contributed by atoms with Crippen molar-refractivity contribution in [1.29, 1.82) is 0 Å². The fourth-order valence-electron chi connectivity index (χ4n) is 1.52. The van der Waals surface area contributed by atoms with Gasteiger partial charge in [-0.15, -0.1) is 11.3 Å². The lowest BCUT2D eigenvalue weighted by Gasteiger charge is -2.06. The standard InChI is InChI=1S/C14H26N2S2/c1-6-11(4)17-9-14-16-12(5)13(18-14)8-15-7-10(2)3/h10-11,15H,6-9H2,1-5H3. The van der Waals surface area contributed by atoms with Crippen LogP contribution in [0.3, 0.4) is 0 Å². The number of nitrogens with zero attached hydrogens (tertiary/aromatic N) is 1. The molecule has 1 atom stereocenters. The highest BCUT2D eigenvalue weighted by Crippen LogP contribution is 2.25. The van der Waals surface area contributed by atoms with Crippen molar-refractivity contribution in [3.63, 3.8) is 0 Å². The summed E-state index contributed by atoms with van der Waals surface area (Å²) >= 11 is 3.88. The number of thioether (sulfide) groups is 1. The molecule has 4 heteroatoms. The second-order valence-electron chi connectivity index (χ2n) is 5.17. The first-order chi connectivity index (χ1) is 8.52. The van der Waals surface area contributed by atoms with Crippen molar-refractivity contribution in [3.8, 4) is 0 Å². The van der Waals surface area contributed by atoms with Crippen molar-refractivity contribution in [3.05, 3.63) is 15.6 Å². The Morgan fingerprint density at radius 3 is 2.67 bits per heavy atom. The van der Waals surface area contributed by atoms with E-state index in [1.807, 2.05) is 23.1 Å². The van der Waals surface area contributed by atoms with E-state index in [2.05, 4.69) is 44.9 Å². The van der Waals surface area contributed by atoms with Gasteiger partial charge in [-0.25, -0.2) is 4.98 Å². The first-order valence-electron chi connectivity index (χ1n) is 6.80. The van der Waals surface area contributed by atoms with Gasteiger partial charge in [-0.2, -0.15) is 11.8 Å². The number of rotatable bonds is 8. The van der Waals surface area contributed by atoms with Crippen LogP contribution in [-0.4, -0.2) is 16.8 Å². The van der Waals surface area contributed by atoms with Crippen LogP contribution in [0.25, 0.3) is 0 Å². The number of hydrogen-bond donors (Lipinski definition) is 1. The molecule has 18 heavy (non-hydrogen) atoms. The van der Waals surface area contributed by atoms with Gasteiger partial charge in [0.15, 0.2) is 0 Å². The van der Waals surface area contributed by atoms with Crippen LogP contribution >= 0.6 is 23.1 Å². The molecule has 0 amide bonds. The third kappa shape index (κ3) is 5.72. The van der Waals surface area contributed by atoms with E-state index in [4.69, 9.17) is 0 Å². The molecule has 1 rings (SSSR count). The molecule has 1 N–H and O–H groups in total. The van der Waals surface area contributed by atoms with Crippen LogP contribution in [0, 0.1) is 12.8 Å². The van der Waals surface area contributed by atoms with Crippen LogP contribution in [0.4, 0.5) is 0 Å². The van der Waals surface area contributed by atoms with E-state index in [-0.39, 0.29) is 0 Å². The number of hydrogen-bond acceptors (Lipinski definition) is 4. The maximum Gasteiger partial charge on any atom is 0.103 e. The summed E-state index contributed by atoms with van der Waals surface area (Å²) in [5, 5.41) is 5.51. The van der Waals surface area contributed by atoms with Gasteiger partial charge in [-0.1, -0.05) is 27.7 Å². The summed E-state index contributed by atoms with van der Waals surface area (Å²) in [4.78, 5) is 6.07. The summed E-state index contributed by atoms with van der Waals surface area (Å²) in [5.41, 5.74) is 1.20. The molecule has 0 saturated heterocycles. The maximum absolute atomic E-state index is 4.67. The van der Waals surface area contributed by atoms with Gasteiger partial charge in [-0.3, -0.25) is 0 Å². The minimum atomic E-state index is 0.707. The summed E-state index contributed by atoms with van der Waals surface area (Å²) < 4.78 is 0. The molecule has 0 aliphatic carbocycles. The number of thiazole rings is 1. The van der Waals surface area contributed by atoms with Gasteiger partial charge in [0.2, 0.25) is 0 Å². The Morgan fingerprint density at radius 2 is 2.06 bits per heavy atom. The molecule has 0 radical (unpaired) electrons. The van der Waals surface area contributed by atoms with Gasteiger partial charge in [0.25, 0.3) is 0 Å². The molecule has 0 bridgehead atoms. The number of nitrogens with one attached hydrogen (secondary N) is 1. The van der Waals surface area contributed by atoms with Gasteiger partial charge in [0.1, 0.15) is 5.01 Å². The Hall–Kier alpha value is -0.0600. The zero-order valence-corrected chi connectivity index (χ0v) is 13.9. The van der Waals surface area contributed by atoms with Gasteiger partial charge in [0, 0.05) is 22.4 Å². The molecule has 0 saturated carbocycles. The second-order valence-corrected chi connectivity index (χ2v) is 7.77. The monoisotopic (exact) mass is 286 g/mol. The smallest absolute Gasteiger partial charge is 0.103 e. The molecule has 1 unspecified atom stereocenters. The summed E-state index contributed by atoms with van der Waals surface area (Å²) in [6.07, 6.45) is 1.23. The lowest BCUT2D eigenvalue weighted by molar-refractivity contribution is 0.554. The predicted molar refractivity (Wildman–Crippen MR) is 84.4 cm³/mol. The largest absolute Gasteiger partial charge is 0.312 e. The predicted octanol–water partition coefficient (Wildman–Crippen LogP) is 4.23. The summed E-state index contributed by atoms with van der Waals surface area (Å²) in [6, 6.07) is 0. The average Bonchev–Trinajstić information content (AvgIpc) is 2.67. The second kappa shape index (κ2) is 8.18. The van der Waals surface area contributed by atoms with Crippen molar-refractivity contribution >= 4 is 23.1 Å².